The van der Waals surface area contributed by atoms with Crippen LogP contribution in [0.5, 0.6) is 5.75 Å². The molecular formula is C25H35N3O4S2. The highest BCUT2D eigenvalue weighted by Crippen LogP contribution is 2.36. The first kappa shape index (κ1) is 26.3. The summed E-state index contributed by atoms with van der Waals surface area (Å²) in [5.41, 5.74) is -1.01. The lowest BCUT2D eigenvalue weighted by molar-refractivity contribution is -0.145. The van der Waals surface area contributed by atoms with E-state index >= 15 is 0 Å². The Bertz CT molecular complexity index is 943. The topological polar surface area (TPSA) is 91.8 Å². The van der Waals surface area contributed by atoms with Crippen LogP contribution in [-0.4, -0.2) is 51.4 Å². The second-order valence-electron chi connectivity index (χ2n) is 9.62. The van der Waals surface area contributed by atoms with Crippen molar-refractivity contribution in [1.29, 1.82) is 0 Å². The largest absolute Gasteiger partial charge is 0.494 e. The minimum Gasteiger partial charge on any atom is -0.494 e. The lowest BCUT2D eigenvalue weighted by Crippen LogP contribution is -2.53. The van der Waals surface area contributed by atoms with Gasteiger partial charge in [0.25, 0.3) is 0 Å². The number of nitrogens with one attached hydrogen (secondary N) is 1. The van der Waals surface area contributed by atoms with Crippen LogP contribution < -0.4 is 10.1 Å². The maximum absolute atomic E-state index is 13.4. The second kappa shape index (κ2) is 11.9. The number of ether oxygens (including phenoxy) is 1. The number of para-hydroxylation sites is 1. The number of nitrogens with zero attached hydrogens (tertiary/aromatic N) is 2. The zero-order chi connectivity index (χ0) is 24.6. The number of thioether (sulfide) groups is 1. The van der Waals surface area contributed by atoms with Crippen molar-refractivity contribution in [2.45, 2.75) is 69.0 Å². The number of carbonyl (C=O) groups excluding carboxylic acids is 1. The summed E-state index contributed by atoms with van der Waals surface area (Å²) in [6.45, 7) is 6.74. The van der Waals surface area contributed by atoms with Gasteiger partial charge >= 0.3 is 12.0 Å². The van der Waals surface area contributed by atoms with Crippen molar-refractivity contribution >= 4 is 40.2 Å². The van der Waals surface area contributed by atoms with Gasteiger partial charge in [-0.15, -0.1) is 11.8 Å². The molecule has 1 aromatic heterocycles. The summed E-state index contributed by atoms with van der Waals surface area (Å²) in [4.78, 5) is 31.0. The number of rotatable bonds is 11. The molecule has 1 aromatic carbocycles. The van der Waals surface area contributed by atoms with Crippen LogP contribution in [0.2, 0.25) is 0 Å². The summed E-state index contributed by atoms with van der Waals surface area (Å²) in [5.74, 6) is 0.440. The molecule has 1 heterocycles. The van der Waals surface area contributed by atoms with E-state index in [4.69, 9.17) is 4.74 Å². The lowest BCUT2D eigenvalue weighted by atomic mass is 9.82. The van der Waals surface area contributed by atoms with Crippen LogP contribution in [0.1, 0.15) is 59.3 Å². The number of urea groups is 1. The maximum Gasteiger partial charge on any atom is 0.324 e. The minimum atomic E-state index is -0.828. The molecule has 0 bridgehead atoms. The van der Waals surface area contributed by atoms with Crippen molar-refractivity contribution in [3.8, 4) is 5.75 Å². The Labute approximate surface area is 210 Å². The highest BCUT2D eigenvalue weighted by atomic mass is 32.2. The smallest absolute Gasteiger partial charge is 0.324 e. The maximum atomic E-state index is 13.4. The number of amides is 2. The molecule has 0 unspecified atom stereocenters. The number of benzene rings is 1. The van der Waals surface area contributed by atoms with Crippen LogP contribution in [0.15, 0.2) is 40.7 Å². The number of hydrogen-bond acceptors (Lipinski definition) is 6. The number of carboxylic acids is 1. The molecule has 0 atom stereocenters. The van der Waals surface area contributed by atoms with Gasteiger partial charge in [-0.1, -0.05) is 48.8 Å². The third-order valence-electron chi connectivity index (χ3n) is 6.22. The number of carbonyl (C=O) groups is 2. The number of aliphatic carboxylic acids is 1. The third-order valence-corrected chi connectivity index (χ3v) is 8.78. The lowest BCUT2D eigenvalue weighted by Gasteiger charge is -2.44. The minimum absolute atomic E-state index is 0.138. The van der Waals surface area contributed by atoms with Gasteiger partial charge < -0.3 is 14.7 Å². The molecule has 3 rings (SSSR count). The van der Waals surface area contributed by atoms with Gasteiger partial charge in [0.15, 0.2) is 5.13 Å². The molecule has 186 valence electrons. The number of carboxylic acid groups (broad SMARTS) is 1. The molecule has 9 heteroatoms. The van der Waals surface area contributed by atoms with Crippen LogP contribution in [0.4, 0.5) is 9.93 Å². The van der Waals surface area contributed by atoms with E-state index in [0.717, 1.165) is 42.1 Å². The molecular weight excluding hydrogens is 470 g/mol. The first-order chi connectivity index (χ1) is 16.2. The zero-order valence-corrected chi connectivity index (χ0v) is 21.8. The fourth-order valence-electron chi connectivity index (χ4n) is 3.99. The molecule has 0 aliphatic heterocycles. The van der Waals surface area contributed by atoms with E-state index in [1.807, 2.05) is 35.2 Å². The zero-order valence-electron chi connectivity index (χ0n) is 20.2. The fourth-order valence-corrected chi connectivity index (χ4v) is 5.93. The fraction of sp³-hybridized carbons (Fsp3) is 0.560. The highest BCUT2D eigenvalue weighted by Gasteiger charge is 2.36. The Morgan fingerprint density at radius 1 is 1.24 bits per heavy atom. The standard InChI is InChI=1S/C25H35N3O4S2/c1-24(2,21(29)30)18-33-20-17-26-22(34-20)27-23(31)28(25(3)13-8-5-9-14-25)15-10-16-32-19-11-6-4-7-12-19/h4,6-7,11-12,17H,5,8-10,13-16,18H2,1-3H3,(H,29,30)(H,26,27,31). The second-order valence-corrected chi connectivity index (χ2v) is 11.9. The van der Waals surface area contributed by atoms with Crippen LogP contribution in [0.25, 0.3) is 0 Å². The molecule has 0 spiro atoms. The molecule has 1 fully saturated rings. The summed E-state index contributed by atoms with van der Waals surface area (Å²) in [7, 11) is 0. The van der Waals surface area contributed by atoms with Crippen LogP contribution in [0, 0.1) is 5.41 Å². The van der Waals surface area contributed by atoms with Crippen LogP contribution in [0.3, 0.4) is 0 Å². The molecule has 2 N–H and O–H groups in total. The number of hydrogen-bond donors (Lipinski definition) is 2. The summed E-state index contributed by atoms with van der Waals surface area (Å²) in [6.07, 6.45) is 7.87. The van der Waals surface area contributed by atoms with E-state index in [9.17, 15) is 14.7 Å². The van der Waals surface area contributed by atoms with Gasteiger partial charge in [-0.25, -0.2) is 9.78 Å². The Hall–Kier alpha value is -2.26. The molecule has 1 saturated carbocycles. The van der Waals surface area contributed by atoms with Gasteiger partial charge in [-0.3, -0.25) is 10.1 Å². The Morgan fingerprint density at radius 3 is 2.62 bits per heavy atom. The molecule has 0 saturated heterocycles. The molecule has 7 nitrogen and oxygen atoms in total. The molecule has 1 aliphatic rings. The third kappa shape index (κ3) is 7.37. The predicted molar refractivity (Wildman–Crippen MR) is 138 cm³/mol. The van der Waals surface area contributed by atoms with Gasteiger partial charge in [0, 0.05) is 17.8 Å². The van der Waals surface area contributed by atoms with Crippen molar-refractivity contribution in [3.63, 3.8) is 0 Å². The number of thiazole rings is 1. The van der Waals surface area contributed by atoms with Crippen molar-refractivity contribution < 1.29 is 19.4 Å². The van der Waals surface area contributed by atoms with E-state index in [0.29, 0.717) is 24.0 Å². The molecule has 2 aromatic rings. The Morgan fingerprint density at radius 2 is 1.94 bits per heavy atom. The monoisotopic (exact) mass is 505 g/mol. The Kier molecular flexibility index (Phi) is 9.24. The number of aromatic nitrogens is 1. The van der Waals surface area contributed by atoms with Crippen molar-refractivity contribution in [2.24, 2.45) is 5.41 Å². The van der Waals surface area contributed by atoms with E-state index in [1.165, 1.54) is 29.5 Å². The SMILES string of the molecule is CC(C)(CSc1cnc(NC(=O)N(CCCOc2ccccc2)C2(C)CCCCC2)s1)C(=O)O. The average Bonchev–Trinajstić information content (AvgIpc) is 3.26. The van der Waals surface area contributed by atoms with Crippen molar-refractivity contribution in [3.05, 3.63) is 36.5 Å². The molecule has 0 radical (unpaired) electrons. The predicted octanol–water partition coefficient (Wildman–Crippen LogP) is 6.37. The van der Waals surface area contributed by atoms with Crippen molar-refractivity contribution in [1.82, 2.24) is 9.88 Å². The van der Waals surface area contributed by atoms with E-state index in [-0.39, 0.29) is 11.6 Å². The molecule has 2 amide bonds. The quantitative estimate of drug-likeness (QED) is 0.272. The normalized spacial score (nSPS) is 15.5. The summed E-state index contributed by atoms with van der Waals surface area (Å²) in [6, 6.07) is 9.58. The van der Waals surface area contributed by atoms with E-state index < -0.39 is 11.4 Å². The van der Waals surface area contributed by atoms with Gasteiger partial charge in [-0.2, -0.15) is 0 Å². The highest BCUT2D eigenvalue weighted by molar-refractivity contribution is 8.01. The molecule has 34 heavy (non-hydrogen) atoms. The number of anilines is 1. The average molecular weight is 506 g/mol. The summed E-state index contributed by atoms with van der Waals surface area (Å²) >= 11 is 2.83. The summed E-state index contributed by atoms with van der Waals surface area (Å²) < 4.78 is 6.72. The van der Waals surface area contributed by atoms with Gasteiger partial charge in [-0.05, 0) is 52.2 Å². The van der Waals surface area contributed by atoms with Gasteiger partial charge in [0.2, 0.25) is 0 Å². The van der Waals surface area contributed by atoms with Crippen molar-refractivity contribution in [2.75, 3.05) is 24.2 Å². The van der Waals surface area contributed by atoms with Gasteiger partial charge in [0.05, 0.1) is 22.4 Å². The summed E-state index contributed by atoms with van der Waals surface area (Å²) in [5, 5.41) is 12.8. The van der Waals surface area contributed by atoms with E-state index in [2.05, 4.69) is 17.2 Å². The van der Waals surface area contributed by atoms with Crippen LogP contribution >= 0.6 is 23.1 Å². The first-order valence-electron chi connectivity index (χ1n) is 11.8. The Balaban J connectivity index is 1.59. The molecule has 1 aliphatic carbocycles. The first-order valence-corrected chi connectivity index (χ1v) is 13.6. The van der Waals surface area contributed by atoms with E-state index in [1.54, 1.807) is 20.0 Å². The van der Waals surface area contributed by atoms with Crippen LogP contribution in [-0.2, 0) is 4.79 Å². The van der Waals surface area contributed by atoms with Gasteiger partial charge in [0.1, 0.15) is 5.75 Å².